The van der Waals surface area contributed by atoms with Crippen LogP contribution >= 0.6 is 31.9 Å². The number of hydrogen-bond donors (Lipinski definition) is 0. The van der Waals surface area contributed by atoms with Crippen molar-refractivity contribution in [3.05, 3.63) is 32.7 Å². The van der Waals surface area contributed by atoms with Gasteiger partial charge in [0.1, 0.15) is 0 Å². The lowest BCUT2D eigenvalue weighted by Crippen LogP contribution is -2.40. The molecular weight excluding hydrogens is 362 g/mol. The van der Waals surface area contributed by atoms with Gasteiger partial charge in [-0.25, -0.2) is 0 Å². The first-order valence-corrected chi connectivity index (χ1v) is 7.47. The number of carbonyl (C=O) groups is 1. The van der Waals surface area contributed by atoms with Gasteiger partial charge in [0.25, 0.3) is 5.91 Å². The summed E-state index contributed by atoms with van der Waals surface area (Å²) in [5.41, 5.74) is 0.699. The van der Waals surface area contributed by atoms with Gasteiger partial charge in [-0.15, -0.1) is 0 Å². The molecule has 1 aromatic rings. The maximum atomic E-state index is 12.4. The molecule has 3 nitrogen and oxygen atoms in total. The van der Waals surface area contributed by atoms with Crippen LogP contribution in [-0.4, -0.2) is 37.1 Å². The predicted molar refractivity (Wildman–Crippen MR) is 77.8 cm³/mol. The Balaban J connectivity index is 2.14. The third-order valence-corrected chi connectivity index (χ3v) is 4.08. The molecular formula is C13H15Br2NO2. The van der Waals surface area contributed by atoms with Crippen LogP contribution in [0.1, 0.15) is 23.2 Å². The summed E-state index contributed by atoms with van der Waals surface area (Å²) in [4.78, 5) is 14.2. The molecule has 0 spiro atoms. The Labute approximate surface area is 124 Å². The first kappa shape index (κ1) is 14.0. The Bertz CT molecular complexity index is 424. The molecule has 1 amide bonds. The number of benzene rings is 1. The van der Waals surface area contributed by atoms with Crippen molar-refractivity contribution in [2.45, 2.75) is 18.9 Å². The molecule has 0 atom stereocenters. The molecule has 0 aliphatic carbocycles. The SMILES string of the molecule is CN(C(=O)c1cc(Br)cc(Br)c1)C1CCOCC1. The number of ether oxygens (including phenoxy) is 1. The van der Waals surface area contributed by atoms with Crippen molar-refractivity contribution in [3.63, 3.8) is 0 Å². The summed E-state index contributed by atoms with van der Waals surface area (Å²) < 4.78 is 7.13. The minimum absolute atomic E-state index is 0.0592. The fourth-order valence-electron chi connectivity index (χ4n) is 2.12. The van der Waals surface area contributed by atoms with Gasteiger partial charge >= 0.3 is 0 Å². The first-order valence-electron chi connectivity index (χ1n) is 5.89. The second-order valence-corrected chi connectivity index (χ2v) is 6.25. The van der Waals surface area contributed by atoms with E-state index in [2.05, 4.69) is 31.9 Å². The molecule has 1 heterocycles. The largest absolute Gasteiger partial charge is 0.381 e. The van der Waals surface area contributed by atoms with Gasteiger partial charge in [0.05, 0.1) is 0 Å². The normalized spacial score (nSPS) is 16.6. The molecule has 0 N–H and O–H groups in total. The zero-order valence-corrected chi connectivity index (χ0v) is 13.3. The van der Waals surface area contributed by atoms with Gasteiger partial charge in [0, 0.05) is 40.8 Å². The van der Waals surface area contributed by atoms with Crippen LogP contribution in [0.15, 0.2) is 27.1 Å². The smallest absolute Gasteiger partial charge is 0.253 e. The second kappa shape index (κ2) is 6.17. The maximum absolute atomic E-state index is 12.4. The molecule has 0 saturated carbocycles. The van der Waals surface area contributed by atoms with E-state index in [1.165, 1.54) is 0 Å². The Morgan fingerprint density at radius 3 is 2.33 bits per heavy atom. The minimum atomic E-state index is 0.0592. The highest BCUT2D eigenvalue weighted by atomic mass is 79.9. The predicted octanol–water partition coefficient (Wildman–Crippen LogP) is 3.46. The summed E-state index contributed by atoms with van der Waals surface area (Å²) in [5.74, 6) is 0.0592. The number of carbonyl (C=O) groups excluding carboxylic acids is 1. The fraction of sp³-hybridized carbons (Fsp3) is 0.462. The summed E-state index contributed by atoms with van der Waals surface area (Å²) in [7, 11) is 1.87. The van der Waals surface area contributed by atoms with Crippen LogP contribution in [0.4, 0.5) is 0 Å². The van der Waals surface area contributed by atoms with E-state index in [1.54, 1.807) is 0 Å². The summed E-state index contributed by atoms with van der Waals surface area (Å²) in [6.07, 6.45) is 1.83. The molecule has 5 heteroatoms. The van der Waals surface area contributed by atoms with Crippen molar-refractivity contribution < 1.29 is 9.53 Å². The minimum Gasteiger partial charge on any atom is -0.381 e. The van der Waals surface area contributed by atoms with E-state index in [0.29, 0.717) is 5.56 Å². The summed E-state index contributed by atoms with van der Waals surface area (Å²) >= 11 is 6.81. The number of amides is 1. The molecule has 0 radical (unpaired) electrons. The van der Waals surface area contributed by atoms with Gasteiger partial charge in [0.2, 0.25) is 0 Å². The lowest BCUT2D eigenvalue weighted by atomic mass is 10.1. The second-order valence-electron chi connectivity index (χ2n) is 4.42. The van der Waals surface area contributed by atoms with Gasteiger partial charge in [-0.05, 0) is 31.0 Å². The van der Waals surface area contributed by atoms with E-state index in [-0.39, 0.29) is 11.9 Å². The summed E-state index contributed by atoms with van der Waals surface area (Å²) in [5, 5.41) is 0. The molecule has 1 aliphatic heterocycles. The molecule has 2 rings (SSSR count). The van der Waals surface area contributed by atoms with Crippen LogP contribution in [0, 0.1) is 0 Å². The first-order chi connectivity index (χ1) is 8.58. The topological polar surface area (TPSA) is 29.5 Å². The van der Waals surface area contributed by atoms with Crippen LogP contribution in [0.3, 0.4) is 0 Å². The van der Waals surface area contributed by atoms with E-state index >= 15 is 0 Å². The Morgan fingerprint density at radius 1 is 1.22 bits per heavy atom. The van der Waals surface area contributed by atoms with Crippen LogP contribution in [0.2, 0.25) is 0 Å². The zero-order valence-electron chi connectivity index (χ0n) is 10.2. The van der Waals surface area contributed by atoms with Crippen LogP contribution < -0.4 is 0 Å². The number of nitrogens with zero attached hydrogens (tertiary/aromatic N) is 1. The molecule has 1 aliphatic rings. The van der Waals surface area contributed by atoms with E-state index < -0.39 is 0 Å². The molecule has 0 aromatic heterocycles. The Morgan fingerprint density at radius 2 is 1.78 bits per heavy atom. The van der Waals surface area contributed by atoms with Crippen LogP contribution in [-0.2, 0) is 4.74 Å². The molecule has 0 unspecified atom stereocenters. The third-order valence-electron chi connectivity index (χ3n) is 3.17. The highest BCUT2D eigenvalue weighted by molar-refractivity contribution is 9.11. The zero-order chi connectivity index (χ0) is 13.1. The molecule has 1 aromatic carbocycles. The molecule has 0 bridgehead atoms. The van der Waals surface area contributed by atoms with Crippen molar-refractivity contribution in [2.24, 2.45) is 0 Å². The summed E-state index contributed by atoms with van der Waals surface area (Å²) in [6.45, 7) is 1.48. The highest BCUT2D eigenvalue weighted by Gasteiger charge is 2.23. The third kappa shape index (κ3) is 3.33. The Hall–Kier alpha value is -0.390. The monoisotopic (exact) mass is 375 g/mol. The van der Waals surface area contributed by atoms with Crippen LogP contribution in [0.25, 0.3) is 0 Å². The molecule has 98 valence electrons. The number of hydrogen-bond acceptors (Lipinski definition) is 2. The average molecular weight is 377 g/mol. The summed E-state index contributed by atoms with van der Waals surface area (Å²) in [6, 6.07) is 5.90. The van der Waals surface area contributed by atoms with Crippen LogP contribution in [0.5, 0.6) is 0 Å². The molecule has 1 saturated heterocycles. The van der Waals surface area contributed by atoms with E-state index in [1.807, 2.05) is 30.1 Å². The van der Waals surface area contributed by atoms with Crippen molar-refractivity contribution in [1.82, 2.24) is 4.90 Å². The fourth-order valence-corrected chi connectivity index (χ4v) is 3.41. The lowest BCUT2D eigenvalue weighted by Gasteiger charge is -2.31. The van der Waals surface area contributed by atoms with Gasteiger partial charge in [-0.2, -0.15) is 0 Å². The van der Waals surface area contributed by atoms with Crippen molar-refractivity contribution in [3.8, 4) is 0 Å². The van der Waals surface area contributed by atoms with Gasteiger partial charge < -0.3 is 9.64 Å². The molecule has 1 fully saturated rings. The van der Waals surface area contributed by atoms with Gasteiger partial charge in [-0.3, -0.25) is 4.79 Å². The molecule has 18 heavy (non-hydrogen) atoms. The van der Waals surface area contributed by atoms with Gasteiger partial charge in [0.15, 0.2) is 0 Å². The standard InChI is InChI=1S/C13H15Br2NO2/c1-16(12-2-4-18-5-3-12)13(17)9-6-10(14)8-11(15)7-9/h6-8,12H,2-5H2,1H3. The van der Waals surface area contributed by atoms with E-state index in [0.717, 1.165) is 35.0 Å². The van der Waals surface area contributed by atoms with Crippen molar-refractivity contribution >= 4 is 37.8 Å². The van der Waals surface area contributed by atoms with Crippen molar-refractivity contribution in [1.29, 1.82) is 0 Å². The highest BCUT2D eigenvalue weighted by Crippen LogP contribution is 2.22. The van der Waals surface area contributed by atoms with E-state index in [9.17, 15) is 4.79 Å². The van der Waals surface area contributed by atoms with E-state index in [4.69, 9.17) is 4.74 Å². The van der Waals surface area contributed by atoms with Gasteiger partial charge in [-0.1, -0.05) is 31.9 Å². The number of rotatable bonds is 2. The van der Waals surface area contributed by atoms with Crippen molar-refractivity contribution in [2.75, 3.05) is 20.3 Å². The maximum Gasteiger partial charge on any atom is 0.253 e. The lowest BCUT2D eigenvalue weighted by molar-refractivity contribution is 0.0362. The average Bonchev–Trinajstić information content (AvgIpc) is 2.37. The Kier molecular flexibility index (Phi) is 4.81. The quantitative estimate of drug-likeness (QED) is 0.790. The number of halogens is 2.